The van der Waals surface area contributed by atoms with E-state index < -0.39 is 0 Å². The zero-order chi connectivity index (χ0) is 12.0. The van der Waals surface area contributed by atoms with Crippen molar-refractivity contribution in [2.75, 3.05) is 0 Å². The van der Waals surface area contributed by atoms with Crippen LogP contribution >= 0.6 is 11.6 Å². The molecule has 0 aliphatic heterocycles. The fraction of sp³-hybridized carbons (Fsp3) is 0.462. The van der Waals surface area contributed by atoms with Gasteiger partial charge in [-0.05, 0) is 42.9 Å². The highest BCUT2D eigenvalue weighted by molar-refractivity contribution is 6.69. The largest absolute Gasteiger partial charge is 0.410 e. The molecule has 88 valence electrons. The Morgan fingerprint density at radius 3 is 2.44 bits per heavy atom. The van der Waals surface area contributed by atoms with E-state index in [1.807, 2.05) is 26.0 Å². The van der Waals surface area contributed by atoms with Gasteiger partial charge in [0.15, 0.2) is 5.17 Å². The Hall–Kier alpha value is -1.02. The highest BCUT2D eigenvalue weighted by Crippen LogP contribution is 2.22. The van der Waals surface area contributed by atoms with Crippen LogP contribution in [0.5, 0.6) is 0 Å². The normalized spacial score (nSPS) is 14.8. The summed E-state index contributed by atoms with van der Waals surface area (Å²) in [6.45, 7) is 4.00. The molecule has 3 heteroatoms. The van der Waals surface area contributed by atoms with Gasteiger partial charge in [0, 0.05) is 5.56 Å². The molecule has 1 aliphatic carbocycles. The first-order valence-electron chi connectivity index (χ1n) is 5.81. The van der Waals surface area contributed by atoms with Gasteiger partial charge in [-0.1, -0.05) is 42.7 Å². The zero-order valence-electron chi connectivity index (χ0n) is 9.83. The van der Waals surface area contributed by atoms with E-state index in [0.717, 1.165) is 18.4 Å². The van der Waals surface area contributed by atoms with Crippen molar-refractivity contribution in [3.05, 3.63) is 34.9 Å². The molecular weight excluding hydrogens is 222 g/mol. The van der Waals surface area contributed by atoms with Crippen LogP contribution in [0.1, 0.15) is 43.4 Å². The van der Waals surface area contributed by atoms with Gasteiger partial charge < -0.3 is 5.21 Å². The molecule has 0 saturated carbocycles. The van der Waals surface area contributed by atoms with Crippen LogP contribution < -0.4 is 0 Å². The van der Waals surface area contributed by atoms with E-state index in [9.17, 15) is 0 Å². The SMILES string of the molecule is CC.O/N=C(/Cl)c1ccc2c(c1)CCCC2. The standard InChI is InChI=1S/C11H12ClNO.C2H6/c12-11(13-14)10-6-5-8-3-1-2-4-9(8)7-10;1-2/h5-7,14H,1-4H2;1-2H3/b13-11+;. The van der Waals surface area contributed by atoms with Crippen LogP contribution in [-0.2, 0) is 12.8 Å². The first kappa shape index (κ1) is 13.0. The van der Waals surface area contributed by atoms with E-state index >= 15 is 0 Å². The van der Waals surface area contributed by atoms with Crippen molar-refractivity contribution in [2.24, 2.45) is 5.16 Å². The number of hydrogen-bond acceptors (Lipinski definition) is 2. The van der Waals surface area contributed by atoms with Crippen molar-refractivity contribution in [1.29, 1.82) is 0 Å². The topological polar surface area (TPSA) is 32.6 Å². The smallest absolute Gasteiger partial charge is 0.175 e. The molecular formula is C13H18ClNO. The number of fused-ring (bicyclic) bond motifs is 1. The Balaban J connectivity index is 0.000000606. The van der Waals surface area contributed by atoms with Crippen molar-refractivity contribution in [2.45, 2.75) is 39.5 Å². The van der Waals surface area contributed by atoms with Crippen molar-refractivity contribution in [3.8, 4) is 0 Å². The summed E-state index contributed by atoms with van der Waals surface area (Å²) in [5.41, 5.74) is 3.55. The first-order chi connectivity index (χ1) is 7.81. The van der Waals surface area contributed by atoms with Gasteiger partial charge in [0.05, 0.1) is 0 Å². The van der Waals surface area contributed by atoms with Gasteiger partial charge in [0.1, 0.15) is 0 Å². The van der Waals surface area contributed by atoms with E-state index in [4.69, 9.17) is 16.8 Å². The molecule has 1 aromatic rings. The summed E-state index contributed by atoms with van der Waals surface area (Å²) < 4.78 is 0. The molecule has 0 spiro atoms. The summed E-state index contributed by atoms with van der Waals surface area (Å²) in [5.74, 6) is 0. The van der Waals surface area contributed by atoms with Gasteiger partial charge in [-0.25, -0.2) is 0 Å². The predicted molar refractivity (Wildman–Crippen MR) is 68.6 cm³/mol. The lowest BCUT2D eigenvalue weighted by molar-refractivity contribution is 0.321. The van der Waals surface area contributed by atoms with E-state index in [0.29, 0.717) is 0 Å². The summed E-state index contributed by atoms with van der Waals surface area (Å²) in [5, 5.41) is 11.7. The average Bonchev–Trinajstić information content (AvgIpc) is 2.39. The summed E-state index contributed by atoms with van der Waals surface area (Å²) in [4.78, 5) is 0. The third kappa shape index (κ3) is 2.99. The maximum absolute atomic E-state index is 8.55. The van der Waals surface area contributed by atoms with E-state index in [2.05, 4.69) is 11.2 Å². The molecule has 2 nitrogen and oxygen atoms in total. The van der Waals surface area contributed by atoms with Crippen LogP contribution in [0.2, 0.25) is 0 Å². The average molecular weight is 240 g/mol. The fourth-order valence-electron chi connectivity index (χ4n) is 1.92. The quantitative estimate of drug-likeness (QED) is 0.449. The molecule has 0 bridgehead atoms. The molecule has 0 atom stereocenters. The van der Waals surface area contributed by atoms with Crippen LogP contribution in [-0.4, -0.2) is 10.4 Å². The van der Waals surface area contributed by atoms with Crippen LogP contribution in [0, 0.1) is 0 Å². The highest BCUT2D eigenvalue weighted by Gasteiger charge is 2.10. The molecule has 16 heavy (non-hydrogen) atoms. The van der Waals surface area contributed by atoms with Gasteiger partial charge in [0.25, 0.3) is 0 Å². The Labute approximate surface area is 102 Å². The molecule has 1 aliphatic rings. The van der Waals surface area contributed by atoms with Crippen LogP contribution in [0.3, 0.4) is 0 Å². The van der Waals surface area contributed by atoms with Crippen molar-refractivity contribution in [1.82, 2.24) is 0 Å². The Morgan fingerprint density at radius 2 is 1.81 bits per heavy atom. The zero-order valence-corrected chi connectivity index (χ0v) is 10.6. The molecule has 0 amide bonds. The monoisotopic (exact) mass is 239 g/mol. The second-order valence-electron chi connectivity index (χ2n) is 3.58. The molecule has 1 aromatic carbocycles. The van der Waals surface area contributed by atoms with Crippen LogP contribution in [0.25, 0.3) is 0 Å². The number of nitrogens with zero attached hydrogens (tertiary/aromatic N) is 1. The molecule has 0 heterocycles. The van der Waals surface area contributed by atoms with Gasteiger partial charge in [0.2, 0.25) is 0 Å². The lowest BCUT2D eigenvalue weighted by Gasteiger charge is -2.15. The van der Waals surface area contributed by atoms with Gasteiger partial charge >= 0.3 is 0 Å². The van der Waals surface area contributed by atoms with Crippen LogP contribution in [0.4, 0.5) is 0 Å². The number of halogens is 1. The minimum absolute atomic E-state index is 0.165. The second-order valence-corrected chi connectivity index (χ2v) is 3.94. The van der Waals surface area contributed by atoms with Gasteiger partial charge in [-0.15, -0.1) is 0 Å². The van der Waals surface area contributed by atoms with E-state index in [1.54, 1.807) is 0 Å². The lowest BCUT2D eigenvalue weighted by atomic mass is 9.90. The maximum atomic E-state index is 8.55. The number of rotatable bonds is 1. The Bertz CT molecular complexity index is 374. The number of benzene rings is 1. The molecule has 0 aromatic heterocycles. The summed E-state index contributed by atoms with van der Waals surface area (Å²) >= 11 is 5.73. The van der Waals surface area contributed by atoms with Gasteiger partial charge in [-0.2, -0.15) is 0 Å². The number of oxime groups is 1. The highest BCUT2D eigenvalue weighted by atomic mass is 35.5. The molecule has 2 rings (SSSR count). The summed E-state index contributed by atoms with van der Waals surface area (Å²) in [6, 6.07) is 6.01. The molecule has 1 N–H and O–H groups in total. The number of aryl methyl sites for hydroxylation is 2. The summed E-state index contributed by atoms with van der Waals surface area (Å²) in [6.07, 6.45) is 4.78. The first-order valence-corrected chi connectivity index (χ1v) is 6.19. The molecule has 0 fully saturated rings. The number of hydrogen-bond donors (Lipinski definition) is 1. The second kappa shape index (κ2) is 6.54. The van der Waals surface area contributed by atoms with Crippen molar-refractivity contribution >= 4 is 16.8 Å². The van der Waals surface area contributed by atoms with Crippen molar-refractivity contribution in [3.63, 3.8) is 0 Å². The lowest BCUT2D eigenvalue weighted by Crippen LogP contribution is -2.04. The Kier molecular flexibility index (Phi) is 5.33. The third-order valence-corrected chi connectivity index (χ3v) is 2.97. The Morgan fingerprint density at radius 1 is 1.19 bits per heavy atom. The maximum Gasteiger partial charge on any atom is 0.175 e. The molecule has 0 saturated heterocycles. The van der Waals surface area contributed by atoms with Crippen LogP contribution in [0.15, 0.2) is 23.4 Å². The summed E-state index contributed by atoms with van der Waals surface area (Å²) in [7, 11) is 0. The third-order valence-electron chi connectivity index (χ3n) is 2.67. The molecule has 0 radical (unpaired) electrons. The van der Waals surface area contributed by atoms with Gasteiger partial charge in [-0.3, -0.25) is 0 Å². The minimum atomic E-state index is 0.165. The van der Waals surface area contributed by atoms with E-state index in [-0.39, 0.29) is 5.17 Å². The molecule has 0 unspecified atom stereocenters. The predicted octanol–water partition coefficient (Wildman–Crippen LogP) is 3.97. The van der Waals surface area contributed by atoms with E-state index in [1.165, 1.54) is 24.0 Å². The minimum Gasteiger partial charge on any atom is -0.410 e. The fourth-order valence-corrected chi connectivity index (χ4v) is 2.04. The van der Waals surface area contributed by atoms with Crippen molar-refractivity contribution < 1.29 is 5.21 Å².